The summed E-state index contributed by atoms with van der Waals surface area (Å²) < 4.78 is 11.0. The summed E-state index contributed by atoms with van der Waals surface area (Å²) in [4.78, 5) is 39.0. The third-order valence-corrected chi connectivity index (χ3v) is 5.35. The summed E-state index contributed by atoms with van der Waals surface area (Å²) in [6, 6.07) is -0.476. The Hall–Kier alpha value is -1.65. The Kier molecular flexibility index (Phi) is 8.00. The van der Waals surface area contributed by atoms with E-state index in [1.165, 1.54) is 17.8 Å². The number of thioether (sulfide) groups is 1. The number of carbonyl (C=O) groups excluding carboxylic acids is 1. The van der Waals surface area contributed by atoms with Gasteiger partial charge in [0.1, 0.15) is 0 Å². The van der Waals surface area contributed by atoms with E-state index < -0.39 is 34.0 Å². The number of aliphatic hydroxyl groups excluding tert-OH is 1. The van der Waals surface area contributed by atoms with Gasteiger partial charge in [0.15, 0.2) is 0 Å². The normalized spacial score (nSPS) is 13.9. The van der Waals surface area contributed by atoms with Crippen molar-refractivity contribution in [3.63, 3.8) is 0 Å². The summed E-state index contributed by atoms with van der Waals surface area (Å²) in [6.45, 7) is 1.30. The van der Waals surface area contributed by atoms with Crippen molar-refractivity contribution < 1.29 is 14.1 Å². The number of aliphatic hydroxyl groups is 1. The summed E-state index contributed by atoms with van der Waals surface area (Å²) in [7, 11) is -0.945. The van der Waals surface area contributed by atoms with Crippen LogP contribution in [0.2, 0.25) is 0 Å². The molecule has 0 saturated heterocycles. The first-order chi connectivity index (χ1) is 10.8. The van der Waals surface area contributed by atoms with Crippen molar-refractivity contribution >= 4 is 34.5 Å². The van der Waals surface area contributed by atoms with Crippen molar-refractivity contribution in [2.75, 3.05) is 23.7 Å². The molecule has 2 atom stereocenters. The topological polar surface area (TPSA) is 132 Å². The van der Waals surface area contributed by atoms with E-state index in [-0.39, 0.29) is 12.2 Å². The molecule has 1 amide bonds. The van der Waals surface area contributed by atoms with E-state index in [9.17, 15) is 23.7 Å². The molecule has 0 fully saturated rings. The maximum absolute atomic E-state index is 11.8. The highest BCUT2D eigenvalue weighted by Gasteiger charge is 2.10. The van der Waals surface area contributed by atoms with E-state index in [1.54, 1.807) is 13.2 Å². The second kappa shape index (κ2) is 9.48. The molecule has 2 unspecified atom stereocenters. The molecular weight excluding hydrogens is 342 g/mol. The Morgan fingerprint density at radius 2 is 2.13 bits per heavy atom. The Labute approximate surface area is 139 Å². The molecule has 0 aliphatic rings. The fraction of sp³-hybridized carbons (Fsp3) is 0.462. The van der Waals surface area contributed by atoms with Crippen molar-refractivity contribution in [3.05, 3.63) is 38.2 Å². The van der Waals surface area contributed by atoms with Gasteiger partial charge in [-0.15, -0.1) is 11.8 Å². The van der Waals surface area contributed by atoms with Crippen molar-refractivity contribution in [1.82, 2.24) is 15.3 Å². The number of aryl methyl sites for hydroxylation is 1. The van der Waals surface area contributed by atoms with E-state index in [1.807, 2.05) is 0 Å². The number of hydrogen-bond donors (Lipinski definition) is 4. The zero-order chi connectivity index (χ0) is 17.4. The summed E-state index contributed by atoms with van der Waals surface area (Å²) in [5.41, 5.74) is -0.673. The van der Waals surface area contributed by atoms with Gasteiger partial charge < -0.3 is 15.4 Å². The van der Waals surface area contributed by atoms with Crippen LogP contribution in [0.4, 0.5) is 0 Å². The van der Waals surface area contributed by atoms with E-state index in [4.69, 9.17) is 0 Å². The zero-order valence-corrected chi connectivity index (χ0v) is 14.4. The minimum Gasteiger partial charge on any atom is -0.394 e. The summed E-state index contributed by atoms with van der Waals surface area (Å²) in [5, 5.41) is 12.2. The van der Waals surface area contributed by atoms with Gasteiger partial charge in [0.05, 0.1) is 23.3 Å². The first-order valence-corrected chi connectivity index (χ1v) is 9.52. The molecule has 1 aromatic rings. The number of rotatable bonds is 8. The highest BCUT2D eigenvalue weighted by Crippen LogP contribution is 2.04. The smallest absolute Gasteiger partial charge is 0.325 e. The molecule has 128 valence electrons. The van der Waals surface area contributed by atoms with Gasteiger partial charge in [0, 0.05) is 34.6 Å². The number of carbonyl (C=O) groups is 1. The van der Waals surface area contributed by atoms with E-state index in [0.29, 0.717) is 16.5 Å². The molecule has 0 aromatic carbocycles. The average molecular weight is 361 g/mol. The fourth-order valence-electron chi connectivity index (χ4n) is 1.67. The number of amides is 1. The van der Waals surface area contributed by atoms with E-state index >= 15 is 0 Å². The molecule has 1 aromatic heterocycles. The van der Waals surface area contributed by atoms with Crippen LogP contribution in [0.3, 0.4) is 0 Å². The van der Waals surface area contributed by atoms with Gasteiger partial charge in [-0.2, -0.15) is 0 Å². The van der Waals surface area contributed by atoms with Crippen molar-refractivity contribution in [2.45, 2.75) is 13.0 Å². The molecule has 1 rings (SSSR count). The van der Waals surface area contributed by atoms with Crippen molar-refractivity contribution in [3.8, 4) is 0 Å². The average Bonchev–Trinajstić information content (AvgIpc) is 2.44. The predicted octanol–water partition coefficient (Wildman–Crippen LogP) is -1.07. The maximum Gasteiger partial charge on any atom is 0.325 e. The fourth-order valence-corrected chi connectivity index (χ4v) is 3.46. The lowest BCUT2D eigenvalue weighted by atomic mass is 10.2. The molecule has 4 N–H and O–H groups in total. The molecule has 0 aliphatic heterocycles. The molecule has 0 radical (unpaired) electrons. The molecule has 8 nitrogen and oxygen atoms in total. The SMILES string of the molecule is Cc1[nH]c(=O)[nH]c(=O)c1/C=C/C(=O)NC(CO)CSCS(C)=O. The Bertz CT molecular complexity index is 710. The first-order valence-electron chi connectivity index (χ1n) is 6.64. The van der Waals surface area contributed by atoms with Crippen LogP contribution in [0.25, 0.3) is 6.08 Å². The summed E-state index contributed by atoms with van der Waals surface area (Å²) in [5.74, 6) is -0.0548. The molecule has 0 spiro atoms. The van der Waals surface area contributed by atoms with Crippen molar-refractivity contribution in [1.29, 1.82) is 0 Å². The van der Waals surface area contributed by atoms with Crippen LogP contribution >= 0.6 is 11.8 Å². The van der Waals surface area contributed by atoms with Crippen LogP contribution in [0.5, 0.6) is 0 Å². The third-order valence-electron chi connectivity index (χ3n) is 2.71. The number of H-pyrrole nitrogens is 2. The monoisotopic (exact) mass is 361 g/mol. The number of hydrogen-bond acceptors (Lipinski definition) is 6. The van der Waals surface area contributed by atoms with Crippen LogP contribution in [0.15, 0.2) is 15.7 Å². The molecule has 10 heteroatoms. The number of nitrogens with one attached hydrogen (secondary N) is 3. The van der Waals surface area contributed by atoms with Crippen LogP contribution in [0, 0.1) is 6.92 Å². The summed E-state index contributed by atoms with van der Waals surface area (Å²) in [6.07, 6.45) is 4.02. The second-order valence-corrected chi connectivity index (χ2v) is 7.56. The van der Waals surface area contributed by atoms with Crippen LogP contribution in [-0.4, -0.2) is 54.9 Å². The van der Waals surface area contributed by atoms with Crippen LogP contribution < -0.4 is 16.6 Å². The highest BCUT2D eigenvalue weighted by atomic mass is 32.2. The van der Waals surface area contributed by atoms with Crippen LogP contribution in [0.1, 0.15) is 11.3 Å². The lowest BCUT2D eigenvalue weighted by molar-refractivity contribution is -0.117. The van der Waals surface area contributed by atoms with Gasteiger partial charge in [-0.1, -0.05) is 0 Å². The minimum atomic E-state index is -0.945. The second-order valence-electron chi connectivity index (χ2n) is 4.73. The Morgan fingerprint density at radius 1 is 1.43 bits per heavy atom. The van der Waals surface area contributed by atoms with Gasteiger partial charge in [0.25, 0.3) is 5.56 Å². The van der Waals surface area contributed by atoms with Crippen LogP contribution in [-0.2, 0) is 15.6 Å². The molecular formula is C13H19N3O5S2. The standard InChI is InChI=1S/C13H19N3O5S2/c1-8-10(12(19)16-13(20)14-8)3-4-11(18)15-9(5-17)6-22-7-23(2)21/h3-4,9,17H,5-7H2,1-2H3,(H,15,18)(H2,14,16,19,20)/b4-3+. The Balaban J connectivity index is 2.66. The maximum atomic E-state index is 11.8. The third kappa shape index (κ3) is 6.97. The first kappa shape index (κ1) is 19.4. The number of aromatic amines is 2. The zero-order valence-electron chi connectivity index (χ0n) is 12.8. The minimum absolute atomic E-state index is 0.177. The lowest BCUT2D eigenvalue weighted by Crippen LogP contribution is -2.38. The van der Waals surface area contributed by atoms with Gasteiger partial charge in [-0.25, -0.2) is 4.79 Å². The predicted molar refractivity (Wildman–Crippen MR) is 91.9 cm³/mol. The van der Waals surface area contributed by atoms with E-state index in [2.05, 4.69) is 15.3 Å². The number of aromatic nitrogens is 2. The molecule has 0 aliphatic carbocycles. The van der Waals surface area contributed by atoms with Gasteiger partial charge in [-0.05, 0) is 13.0 Å². The largest absolute Gasteiger partial charge is 0.394 e. The Morgan fingerprint density at radius 3 is 2.70 bits per heavy atom. The molecule has 0 bridgehead atoms. The van der Waals surface area contributed by atoms with E-state index in [0.717, 1.165) is 6.08 Å². The highest BCUT2D eigenvalue weighted by molar-refractivity contribution is 8.10. The molecule has 0 saturated carbocycles. The lowest BCUT2D eigenvalue weighted by Gasteiger charge is -2.14. The van der Waals surface area contributed by atoms with Crippen molar-refractivity contribution in [2.24, 2.45) is 0 Å². The van der Waals surface area contributed by atoms with Gasteiger partial charge >= 0.3 is 5.69 Å². The van der Waals surface area contributed by atoms with Gasteiger partial charge in [0.2, 0.25) is 5.91 Å². The summed E-state index contributed by atoms with van der Waals surface area (Å²) >= 11 is 1.36. The molecule has 1 heterocycles. The molecule has 23 heavy (non-hydrogen) atoms. The quantitative estimate of drug-likeness (QED) is 0.436. The van der Waals surface area contributed by atoms with Gasteiger partial charge in [-0.3, -0.25) is 18.8 Å².